The highest BCUT2D eigenvalue weighted by Crippen LogP contribution is 2.25. The number of thiocarbonyl (C=S) groups is 1. The van der Waals surface area contributed by atoms with Crippen molar-refractivity contribution < 1.29 is 0 Å². The summed E-state index contributed by atoms with van der Waals surface area (Å²) in [7, 11) is 0. The predicted octanol–water partition coefficient (Wildman–Crippen LogP) is 4.09. The third-order valence-corrected chi connectivity index (χ3v) is 5.01. The Balaban J connectivity index is 1.88. The van der Waals surface area contributed by atoms with E-state index in [1.165, 1.54) is 57.8 Å². The summed E-state index contributed by atoms with van der Waals surface area (Å²) >= 11 is 5.72. The lowest BCUT2D eigenvalue weighted by atomic mass is 10.1. The Morgan fingerprint density at radius 3 is 2.26 bits per heavy atom. The lowest BCUT2D eigenvalue weighted by Crippen LogP contribution is -2.48. The van der Waals surface area contributed by atoms with E-state index in [0.717, 1.165) is 17.6 Å². The number of rotatable bonds is 5. The molecular formula is C16H30N2S. The molecule has 2 aliphatic rings. The van der Waals surface area contributed by atoms with Crippen molar-refractivity contribution in [2.24, 2.45) is 5.92 Å². The Kier molecular flexibility index (Phi) is 5.93. The molecule has 0 aromatic heterocycles. The van der Waals surface area contributed by atoms with Gasteiger partial charge in [-0.1, -0.05) is 39.5 Å². The van der Waals surface area contributed by atoms with E-state index < -0.39 is 0 Å². The molecule has 2 fully saturated rings. The maximum atomic E-state index is 5.72. The maximum absolute atomic E-state index is 5.72. The standard InChI is InChI=1S/C16H30N2S/c1-13(2)11-12-18(15-9-5-6-10-15)16(19)17-14-7-3-4-8-14/h13-15H,3-12H2,1-2H3,(H,17,19). The van der Waals surface area contributed by atoms with Crippen LogP contribution in [0.5, 0.6) is 0 Å². The van der Waals surface area contributed by atoms with Crippen LogP contribution in [0.2, 0.25) is 0 Å². The van der Waals surface area contributed by atoms with Crippen molar-refractivity contribution in [2.75, 3.05) is 6.54 Å². The van der Waals surface area contributed by atoms with Crippen LogP contribution in [0, 0.1) is 5.92 Å². The molecule has 2 saturated carbocycles. The van der Waals surface area contributed by atoms with Gasteiger partial charge in [0.15, 0.2) is 5.11 Å². The molecule has 3 heteroatoms. The van der Waals surface area contributed by atoms with Crippen LogP contribution < -0.4 is 5.32 Å². The van der Waals surface area contributed by atoms with Gasteiger partial charge in [0.25, 0.3) is 0 Å². The second-order valence-corrected chi connectivity index (χ2v) is 7.13. The van der Waals surface area contributed by atoms with Crippen molar-refractivity contribution >= 4 is 17.3 Å². The summed E-state index contributed by atoms with van der Waals surface area (Å²) in [4.78, 5) is 2.51. The highest BCUT2D eigenvalue weighted by Gasteiger charge is 2.26. The minimum atomic E-state index is 0.649. The summed E-state index contributed by atoms with van der Waals surface area (Å²) in [5.41, 5.74) is 0. The SMILES string of the molecule is CC(C)CCN(C(=S)NC1CCCC1)C1CCCC1. The van der Waals surface area contributed by atoms with Crippen LogP contribution in [0.1, 0.15) is 71.6 Å². The summed E-state index contributed by atoms with van der Waals surface area (Å²) in [6.45, 7) is 5.75. The molecular weight excluding hydrogens is 252 g/mol. The smallest absolute Gasteiger partial charge is 0.169 e. The number of hydrogen-bond donors (Lipinski definition) is 1. The molecule has 2 aliphatic carbocycles. The van der Waals surface area contributed by atoms with Crippen LogP contribution in [0.4, 0.5) is 0 Å². The first-order chi connectivity index (χ1) is 9.16. The van der Waals surface area contributed by atoms with E-state index >= 15 is 0 Å². The second kappa shape index (κ2) is 7.47. The minimum Gasteiger partial charge on any atom is -0.360 e. The van der Waals surface area contributed by atoms with Gasteiger partial charge in [-0.2, -0.15) is 0 Å². The van der Waals surface area contributed by atoms with Crippen LogP contribution in [0.25, 0.3) is 0 Å². The molecule has 0 amide bonds. The molecule has 0 atom stereocenters. The van der Waals surface area contributed by atoms with Crippen molar-refractivity contribution in [3.8, 4) is 0 Å². The monoisotopic (exact) mass is 282 g/mol. The van der Waals surface area contributed by atoms with E-state index in [1.807, 2.05) is 0 Å². The average Bonchev–Trinajstić information content (AvgIpc) is 3.01. The topological polar surface area (TPSA) is 15.3 Å². The van der Waals surface area contributed by atoms with Crippen LogP contribution in [-0.4, -0.2) is 28.6 Å². The van der Waals surface area contributed by atoms with Gasteiger partial charge in [-0.25, -0.2) is 0 Å². The van der Waals surface area contributed by atoms with Gasteiger partial charge in [0, 0.05) is 18.6 Å². The third kappa shape index (κ3) is 4.62. The Bertz CT molecular complexity index is 278. The maximum Gasteiger partial charge on any atom is 0.169 e. The molecule has 19 heavy (non-hydrogen) atoms. The van der Waals surface area contributed by atoms with E-state index in [1.54, 1.807) is 0 Å². The average molecular weight is 282 g/mol. The summed E-state index contributed by atoms with van der Waals surface area (Å²) in [6.07, 6.45) is 12.1. The summed E-state index contributed by atoms with van der Waals surface area (Å²) in [5.74, 6) is 0.762. The molecule has 0 spiro atoms. The van der Waals surface area contributed by atoms with E-state index in [9.17, 15) is 0 Å². The molecule has 0 radical (unpaired) electrons. The Morgan fingerprint density at radius 1 is 1.11 bits per heavy atom. The summed E-state index contributed by atoms with van der Waals surface area (Å²) < 4.78 is 0. The Hall–Kier alpha value is -0.310. The largest absolute Gasteiger partial charge is 0.360 e. The Morgan fingerprint density at radius 2 is 1.68 bits per heavy atom. The van der Waals surface area contributed by atoms with Crippen molar-refractivity contribution in [3.63, 3.8) is 0 Å². The van der Waals surface area contributed by atoms with Gasteiger partial charge in [0.05, 0.1) is 0 Å². The molecule has 2 rings (SSSR count). The molecule has 2 nitrogen and oxygen atoms in total. The van der Waals surface area contributed by atoms with E-state index in [2.05, 4.69) is 24.1 Å². The molecule has 0 aliphatic heterocycles. The highest BCUT2D eigenvalue weighted by molar-refractivity contribution is 7.80. The van der Waals surface area contributed by atoms with Crippen LogP contribution in [-0.2, 0) is 0 Å². The zero-order valence-electron chi connectivity index (χ0n) is 12.7. The second-order valence-electron chi connectivity index (χ2n) is 6.75. The molecule has 110 valence electrons. The van der Waals surface area contributed by atoms with Gasteiger partial charge in [0.2, 0.25) is 0 Å². The molecule has 0 saturated heterocycles. The van der Waals surface area contributed by atoms with Gasteiger partial charge in [-0.15, -0.1) is 0 Å². The molecule has 0 aromatic rings. The van der Waals surface area contributed by atoms with Crippen molar-refractivity contribution in [1.29, 1.82) is 0 Å². The molecule has 0 aromatic carbocycles. The van der Waals surface area contributed by atoms with Crippen molar-refractivity contribution in [1.82, 2.24) is 10.2 Å². The number of nitrogens with one attached hydrogen (secondary N) is 1. The quantitative estimate of drug-likeness (QED) is 0.765. The molecule has 0 unspecified atom stereocenters. The van der Waals surface area contributed by atoms with E-state index in [-0.39, 0.29) is 0 Å². The first-order valence-corrected chi connectivity index (χ1v) is 8.65. The van der Waals surface area contributed by atoms with Gasteiger partial charge < -0.3 is 10.2 Å². The zero-order chi connectivity index (χ0) is 13.7. The first kappa shape index (κ1) is 15.1. The number of hydrogen-bond acceptors (Lipinski definition) is 1. The first-order valence-electron chi connectivity index (χ1n) is 8.24. The molecule has 0 bridgehead atoms. The van der Waals surface area contributed by atoms with Gasteiger partial charge >= 0.3 is 0 Å². The summed E-state index contributed by atoms with van der Waals surface area (Å²) in [5, 5.41) is 4.68. The fourth-order valence-corrected chi connectivity index (χ4v) is 3.80. The van der Waals surface area contributed by atoms with Gasteiger partial charge in [0.1, 0.15) is 0 Å². The summed E-state index contributed by atoms with van der Waals surface area (Å²) in [6, 6.07) is 1.36. The molecule has 0 heterocycles. The van der Waals surface area contributed by atoms with E-state index in [0.29, 0.717) is 12.1 Å². The number of nitrogens with zero attached hydrogens (tertiary/aromatic N) is 1. The van der Waals surface area contributed by atoms with Crippen LogP contribution in [0.15, 0.2) is 0 Å². The third-order valence-electron chi connectivity index (χ3n) is 4.66. The van der Waals surface area contributed by atoms with Gasteiger partial charge in [-0.3, -0.25) is 0 Å². The molecule has 1 N–H and O–H groups in total. The van der Waals surface area contributed by atoms with Crippen molar-refractivity contribution in [3.05, 3.63) is 0 Å². The van der Waals surface area contributed by atoms with E-state index in [4.69, 9.17) is 12.2 Å². The van der Waals surface area contributed by atoms with Crippen LogP contribution in [0.3, 0.4) is 0 Å². The van der Waals surface area contributed by atoms with Crippen molar-refractivity contribution in [2.45, 2.75) is 83.7 Å². The minimum absolute atomic E-state index is 0.649. The fourth-order valence-electron chi connectivity index (χ4n) is 3.39. The predicted molar refractivity (Wildman–Crippen MR) is 86.4 cm³/mol. The normalized spacial score (nSPS) is 21.2. The van der Waals surface area contributed by atoms with Crippen LogP contribution >= 0.6 is 12.2 Å². The highest BCUT2D eigenvalue weighted by atomic mass is 32.1. The Labute approximate surface area is 124 Å². The lowest BCUT2D eigenvalue weighted by Gasteiger charge is -2.33. The zero-order valence-corrected chi connectivity index (χ0v) is 13.5. The lowest BCUT2D eigenvalue weighted by molar-refractivity contribution is 0.289. The fraction of sp³-hybridized carbons (Fsp3) is 0.938. The van der Waals surface area contributed by atoms with Gasteiger partial charge in [-0.05, 0) is 50.2 Å².